The van der Waals surface area contributed by atoms with Crippen LogP contribution in [-0.4, -0.2) is 30.5 Å². The first kappa shape index (κ1) is 22.8. The second-order valence-electron chi connectivity index (χ2n) is 8.57. The van der Waals surface area contributed by atoms with Crippen molar-refractivity contribution < 1.29 is 27.9 Å². The Labute approximate surface area is 155 Å². The fourth-order valence-electron chi connectivity index (χ4n) is 2.71. The molecule has 0 radical (unpaired) electrons. The zero-order chi connectivity index (χ0) is 20.7. The van der Waals surface area contributed by atoms with Crippen molar-refractivity contribution in [1.29, 1.82) is 0 Å². The topological polar surface area (TPSA) is 72.8 Å². The summed E-state index contributed by atoms with van der Waals surface area (Å²) in [5, 5.41) is 7.85. The molecule has 0 heterocycles. The molecule has 0 bridgehead atoms. The molecule has 0 amide bonds. The normalized spacial score (nSPS) is 15.6. The maximum absolute atomic E-state index is 15.3. The average molecular weight is 388 g/mol. The number of carbonyl (C=O) groups excluding carboxylic acids is 1. The average Bonchev–Trinajstić information content (AvgIpc) is 2.51. The van der Waals surface area contributed by atoms with Gasteiger partial charge in [-0.05, 0) is 29.9 Å². The van der Waals surface area contributed by atoms with E-state index >= 15 is 4.39 Å². The van der Waals surface area contributed by atoms with Gasteiger partial charge in [-0.25, -0.2) is 4.39 Å². The maximum atomic E-state index is 15.3. The van der Waals surface area contributed by atoms with Crippen LogP contribution in [0.25, 0.3) is 0 Å². The highest BCUT2D eigenvalue weighted by Crippen LogP contribution is 2.61. The number of ketones is 1. The molecule has 1 unspecified atom stereocenters. The van der Waals surface area contributed by atoms with Gasteiger partial charge < -0.3 is 14.2 Å². The third-order valence-corrected chi connectivity index (χ3v) is 6.59. The third-order valence-electron chi connectivity index (χ3n) is 4.40. The number of Topliss-reactive ketones (excluding diaryl/α,β-unsaturated/α-hetero) is 1. The summed E-state index contributed by atoms with van der Waals surface area (Å²) >= 11 is 0. The number of alkyl halides is 1. The zero-order valence-corrected chi connectivity index (χ0v) is 18.0. The molecule has 1 N–H and O–H groups in total. The van der Waals surface area contributed by atoms with Crippen LogP contribution in [0.1, 0.15) is 70.0 Å². The molecule has 1 rings (SSSR count). The molecule has 0 aliphatic heterocycles. The van der Waals surface area contributed by atoms with Crippen LogP contribution in [0.2, 0.25) is 0 Å². The second-order valence-corrected chi connectivity index (χ2v) is 11.1. The summed E-state index contributed by atoms with van der Waals surface area (Å²) in [6.45, 7) is 12.2. The Morgan fingerprint density at radius 2 is 1.31 bits per heavy atom. The number of halogens is 1. The van der Waals surface area contributed by atoms with E-state index in [-0.39, 0.29) is 11.3 Å². The Balaban J connectivity index is 3.74. The van der Waals surface area contributed by atoms with Gasteiger partial charge in [-0.1, -0.05) is 41.5 Å². The van der Waals surface area contributed by atoms with Crippen LogP contribution in [0.15, 0.2) is 12.1 Å². The van der Waals surface area contributed by atoms with Crippen LogP contribution in [-0.2, 0) is 24.4 Å². The van der Waals surface area contributed by atoms with Gasteiger partial charge in [0.15, 0.2) is 0 Å². The minimum absolute atomic E-state index is 0.0111. The molecule has 0 spiro atoms. The number of rotatable bonds is 5. The lowest BCUT2D eigenvalue weighted by molar-refractivity contribution is 0.0791. The van der Waals surface area contributed by atoms with E-state index in [0.717, 1.165) is 21.1 Å². The molecule has 1 atom stereocenters. The zero-order valence-electron chi connectivity index (χ0n) is 17.1. The van der Waals surface area contributed by atoms with Gasteiger partial charge in [-0.15, -0.1) is 0 Å². The van der Waals surface area contributed by atoms with Crippen molar-refractivity contribution in [1.82, 2.24) is 0 Å². The number of carbonyl (C=O) groups is 1. The molecule has 0 saturated heterocycles. The van der Waals surface area contributed by atoms with Gasteiger partial charge in [0.2, 0.25) is 5.78 Å². The lowest BCUT2D eigenvalue weighted by atomic mass is 9.78. The van der Waals surface area contributed by atoms with Crippen LogP contribution in [0.4, 0.5) is 4.39 Å². The van der Waals surface area contributed by atoms with Crippen molar-refractivity contribution >= 4 is 13.4 Å². The Hall–Kier alpha value is -1.23. The summed E-state index contributed by atoms with van der Waals surface area (Å²) in [6, 6.07) is 2.89. The molecule has 0 aliphatic carbocycles. The molecule has 0 aromatic heterocycles. The van der Waals surface area contributed by atoms with Gasteiger partial charge in [0.05, 0.1) is 0 Å². The van der Waals surface area contributed by atoms with E-state index in [0.29, 0.717) is 11.1 Å². The van der Waals surface area contributed by atoms with Crippen molar-refractivity contribution in [3.63, 3.8) is 0 Å². The minimum Gasteiger partial charge on any atom is -0.507 e. The predicted octanol–water partition coefficient (Wildman–Crippen LogP) is 5.34. The molecule has 1 aromatic rings. The SMILES string of the molecule is COP(=O)(OC)C(C)(F)C(=O)c1cc(C(C)(C)C)c(O)c(C(C)(C)C)c1. The summed E-state index contributed by atoms with van der Waals surface area (Å²) in [6.07, 6.45) is 0. The van der Waals surface area contributed by atoms with Crippen LogP contribution in [0, 0.1) is 0 Å². The molecule has 26 heavy (non-hydrogen) atoms. The van der Waals surface area contributed by atoms with Crippen LogP contribution >= 0.6 is 7.60 Å². The van der Waals surface area contributed by atoms with Crippen molar-refractivity contribution in [3.05, 3.63) is 28.8 Å². The molecule has 0 aliphatic rings. The van der Waals surface area contributed by atoms with Crippen molar-refractivity contribution in [2.75, 3.05) is 14.2 Å². The number of aromatic hydroxyl groups is 1. The lowest BCUT2D eigenvalue weighted by Crippen LogP contribution is -2.32. The smallest absolute Gasteiger partial charge is 0.374 e. The summed E-state index contributed by atoms with van der Waals surface area (Å²) in [5.41, 5.74) is 0.0537. The molecular weight excluding hydrogens is 358 g/mol. The van der Waals surface area contributed by atoms with E-state index in [9.17, 15) is 14.5 Å². The van der Waals surface area contributed by atoms with Crippen LogP contribution in [0.3, 0.4) is 0 Å². The van der Waals surface area contributed by atoms with E-state index in [1.165, 1.54) is 12.1 Å². The van der Waals surface area contributed by atoms with E-state index in [4.69, 9.17) is 9.05 Å². The molecule has 0 fully saturated rings. The van der Waals surface area contributed by atoms with Crippen LogP contribution < -0.4 is 0 Å². The molecule has 1 aromatic carbocycles. The largest absolute Gasteiger partial charge is 0.507 e. The summed E-state index contributed by atoms with van der Waals surface area (Å²) in [5.74, 6) is -0.940. The standard InChI is InChI=1S/C19H30FO5P/c1-17(2,3)13-10-12(11-14(15(13)21)18(4,5)6)16(22)19(7,20)26(23,24-8)25-9/h10-11,21H,1-9H3. The van der Waals surface area contributed by atoms with Gasteiger partial charge in [-0.2, -0.15) is 0 Å². The molecule has 148 valence electrons. The van der Waals surface area contributed by atoms with Gasteiger partial charge in [0.25, 0.3) is 5.41 Å². The molecule has 0 saturated carbocycles. The van der Waals surface area contributed by atoms with Gasteiger partial charge in [0.1, 0.15) is 5.75 Å². The monoisotopic (exact) mass is 388 g/mol. The first-order valence-electron chi connectivity index (χ1n) is 8.36. The fourth-order valence-corrected chi connectivity index (χ4v) is 3.93. The number of benzene rings is 1. The Morgan fingerprint density at radius 1 is 0.962 bits per heavy atom. The molecule has 5 nitrogen and oxygen atoms in total. The van der Waals surface area contributed by atoms with Gasteiger partial charge in [-0.3, -0.25) is 9.36 Å². The summed E-state index contributed by atoms with van der Waals surface area (Å²) < 4.78 is 37.2. The number of phenols is 1. The van der Waals surface area contributed by atoms with Gasteiger partial charge in [0, 0.05) is 30.9 Å². The van der Waals surface area contributed by atoms with Crippen molar-refractivity contribution in [2.24, 2.45) is 0 Å². The number of hydrogen-bond donors (Lipinski definition) is 1. The van der Waals surface area contributed by atoms with E-state index in [1.807, 2.05) is 41.5 Å². The van der Waals surface area contributed by atoms with Crippen molar-refractivity contribution in [3.8, 4) is 5.75 Å². The van der Waals surface area contributed by atoms with Gasteiger partial charge >= 0.3 is 7.60 Å². The highest BCUT2D eigenvalue weighted by atomic mass is 31.2. The number of hydrogen-bond acceptors (Lipinski definition) is 5. The van der Waals surface area contributed by atoms with E-state index in [2.05, 4.69) is 0 Å². The highest BCUT2D eigenvalue weighted by molar-refractivity contribution is 7.56. The highest BCUT2D eigenvalue weighted by Gasteiger charge is 2.53. The Morgan fingerprint density at radius 3 is 1.58 bits per heavy atom. The molecular formula is C19H30FO5P. The van der Waals surface area contributed by atoms with E-state index in [1.54, 1.807) is 0 Å². The molecule has 7 heteroatoms. The quantitative estimate of drug-likeness (QED) is 0.544. The summed E-state index contributed by atoms with van der Waals surface area (Å²) in [7, 11) is -2.24. The van der Waals surface area contributed by atoms with Crippen LogP contribution in [0.5, 0.6) is 5.75 Å². The fraction of sp³-hybridized carbons (Fsp3) is 0.632. The Bertz CT molecular complexity index is 698. The van der Waals surface area contributed by atoms with E-state index < -0.39 is 29.6 Å². The minimum atomic E-state index is -4.31. The maximum Gasteiger partial charge on any atom is 0.374 e. The lowest BCUT2D eigenvalue weighted by Gasteiger charge is -2.30. The Kier molecular flexibility index (Phi) is 6.20. The predicted molar refractivity (Wildman–Crippen MR) is 101 cm³/mol. The first-order chi connectivity index (χ1) is 11.5. The third kappa shape index (κ3) is 4.03. The first-order valence-corrected chi connectivity index (χ1v) is 9.90. The van der Waals surface area contributed by atoms with Crippen molar-refractivity contribution in [2.45, 2.75) is 64.7 Å². The second kappa shape index (κ2) is 7.06. The summed E-state index contributed by atoms with van der Waals surface area (Å²) in [4.78, 5) is 12.9. The number of phenolic OH excluding ortho intramolecular Hbond substituents is 1.